The third-order valence-corrected chi connectivity index (χ3v) is 7.02. The second kappa shape index (κ2) is 8.99. The molecule has 3 aromatic rings. The molecule has 30 heavy (non-hydrogen) atoms. The average molecular weight is 448 g/mol. The first-order chi connectivity index (χ1) is 14.3. The maximum absolute atomic E-state index is 12.9. The zero-order valence-corrected chi connectivity index (χ0v) is 19.0. The summed E-state index contributed by atoms with van der Waals surface area (Å²) in [5, 5.41) is 6.47. The topological polar surface area (TPSA) is 88.5 Å². The zero-order chi connectivity index (χ0) is 21.9. The van der Waals surface area contributed by atoms with Crippen LogP contribution in [0.25, 0.3) is 11.0 Å². The summed E-state index contributed by atoms with van der Waals surface area (Å²) in [5.74, 6) is 0.480. The van der Waals surface area contributed by atoms with E-state index < -0.39 is 10.0 Å². The minimum atomic E-state index is -3.61. The van der Waals surface area contributed by atoms with E-state index >= 15 is 0 Å². The fourth-order valence-electron chi connectivity index (χ4n) is 3.19. The van der Waals surface area contributed by atoms with Gasteiger partial charge in [-0.2, -0.15) is 4.31 Å². The number of sulfonamides is 1. The molecule has 10 heteroatoms. The first-order valence-electron chi connectivity index (χ1n) is 9.48. The minimum absolute atomic E-state index is 0.170. The van der Waals surface area contributed by atoms with Crippen LogP contribution >= 0.6 is 12.2 Å². The highest BCUT2D eigenvalue weighted by atomic mass is 32.2. The van der Waals surface area contributed by atoms with Gasteiger partial charge in [-0.15, -0.1) is 0 Å². The summed E-state index contributed by atoms with van der Waals surface area (Å²) < 4.78 is 34.4. The Bertz CT molecular complexity index is 1170. The Kier molecular flexibility index (Phi) is 6.59. The highest BCUT2D eigenvalue weighted by Gasteiger charge is 2.23. The third-order valence-electron chi connectivity index (χ3n) is 4.77. The van der Waals surface area contributed by atoms with Crippen LogP contribution in [0.15, 0.2) is 47.6 Å². The molecule has 0 aliphatic rings. The summed E-state index contributed by atoms with van der Waals surface area (Å²) in [6.07, 6.45) is 1.73. The highest BCUT2D eigenvalue weighted by molar-refractivity contribution is 7.89. The van der Waals surface area contributed by atoms with Crippen LogP contribution in [0.4, 0.5) is 11.4 Å². The molecule has 0 atom stereocenters. The molecule has 2 aromatic carbocycles. The Labute approximate surface area is 181 Å². The molecular weight excluding hydrogens is 422 g/mol. The summed E-state index contributed by atoms with van der Waals surface area (Å²) in [5.41, 5.74) is 2.95. The van der Waals surface area contributed by atoms with Gasteiger partial charge in [-0.05, 0) is 42.5 Å². The molecule has 8 nitrogen and oxygen atoms in total. The number of nitrogens with one attached hydrogen (secondary N) is 2. The summed E-state index contributed by atoms with van der Waals surface area (Å²) >= 11 is 5.46. The monoisotopic (exact) mass is 447 g/mol. The molecule has 0 spiro atoms. The number of hydrogen-bond acceptors (Lipinski definition) is 5. The van der Waals surface area contributed by atoms with Gasteiger partial charge in [-0.3, -0.25) is 0 Å². The number of rotatable bonds is 7. The van der Waals surface area contributed by atoms with E-state index in [9.17, 15) is 8.42 Å². The Morgan fingerprint density at radius 3 is 2.53 bits per heavy atom. The fourth-order valence-corrected chi connectivity index (χ4v) is 4.90. The van der Waals surface area contributed by atoms with Gasteiger partial charge in [-0.25, -0.2) is 13.4 Å². The number of para-hydroxylation sites is 1. The van der Waals surface area contributed by atoms with E-state index in [-0.39, 0.29) is 4.90 Å². The van der Waals surface area contributed by atoms with E-state index in [4.69, 9.17) is 17.0 Å². The van der Waals surface area contributed by atoms with Gasteiger partial charge >= 0.3 is 0 Å². The van der Waals surface area contributed by atoms with Gasteiger partial charge in [0.1, 0.15) is 11.3 Å². The largest absolute Gasteiger partial charge is 0.495 e. The number of anilines is 2. The Morgan fingerprint density at radius 2 is 1.87 bits per heavy atom. The molecule has 0 unspecified atom stereocenters. The predicted molar refractivity (Wildman–Crippen MR) is 124 cm³/mol. The smallest absolute Gasteiger partial charge is 0.243 e. The van der Waals surface area contributed by atoms with Crippen LogP contribution in [0.2, 0.25) is 0 Å². The van der Waals surface area contributed by atoms with Gasteiger partial charge in [-0.1, -0.05) is 19.9 Å². The number of thiocarbonyl (C=S) groups is 1. The predicted octanol–water partition coefficient (Wildman–Crippen LogP) is 3.42. The van der Waals surface area contributed by atoms with Crippen molar-refractivity contribution in [1.29, 1.82) is 0 Å². The maximum atomic E-state index is 12.9. The fraction of sp³-hybridized carbons (Fsp3) is 0.300. The Balaban J connectivity index is 1.88. The van der Waals surface area contributed by atoms with Crippen LogP contribution in [0.1, 0.15) is 13.8 Å². The number of benzene rings is 2. The molecule has 3 rings (SSSR count). The number of aryl methyl sites for hydroxylation is 1. The number of ether oxygens (including phenoxy) is 1. The number of imidazole rings is 1. The Morgan fingerprint density at radius 1 is 1.17 bits per heavy atom. The minimum Gasteiger partial charge on any atom is -0.495 e. The van der Waals surface area contributed by atoms with Crippen molar-refractivity contribution < 1.29 is 13.2 Å². The lowest BCUT2D eigenvalue weighted by Crippen LogP contribution is -2.30. The lowest BCUT2D eigenvalue weighted by atomic mass is 10.2. The van der Waals surface area contributed by atoms with Gasteiger partial charge in [0.05, 0.1) is 35.2 Å². The maximum Gasteiger partial charge on any atom is 0.243 e. The van der Waals surface area contributed by atoms with Gasteiger partial charge in [0, 0.05) is 20.1 Å². The van der Waals surface area contributed by atoms with Crippen LogP contribution < -0.4 is 15.4 Å². The molecule has 2 N–H and O–H groups in total. The van der Waals surface area contributed by atoms with E-state index in [2.05, 4.69) is 15.6 Å². The van der Waals surface area contributed by atoms with E-state index in [1.165, 1.54) is 23.5 Å². The molecule has 0 aliphatic heterocycles. The SMILES string of the molecule is CCN(CC)S(=O)(=O)c1ccc(OC)c(NC(=S)Nc2cccc3c2ncn3C)c1. The zero-order valence-electron chi connectivity index (χ0n) is 17.3. The second-order valence-corrected chi connectivity index (χ2v) is 8.91. The first-order valence-corrected chi connectivity index (χ1v) is 11.3. The second-order valence-electron chi connectivity index (χ2n) is 6.56. The molecule has 0 radical (unpaired) electrons. The van der Waals surface area contributed by atoms with Crippen LogP contribution in [0.3, 0.4) is 0 Å². The van der Waals surface area contributed by atoms with E-state index in [1.54, 1.807) is 26.2 Å². The molecule has 0 bridgehead atoms. The summed E-state index contributed by atoms with van der Waals surface area (Å²) in [6.45, 7) is 4.39. The van der Waals surface area contributed by atoms with Gasteiger partial charge in [0.2, 0.25) is 10.0 Å². The molecule has 1 heterocycles. The average Bonchev–Trinajstić information content (AvgIpc) is 3.10. The van der Waals surface area contributed by atoms with Crippen molar-refractivity contribution in [3.8, 4) is 5.75 Å². The molecule has 0 aliphatic carbocycles. The first kappa shape index (κ1) is 22.0. The number of nitrogens with zero attached hydrogens (tertiary/aromatic N) is 3. The number of hydrogen-bond donors (Lipinski definition) is 2. The Hall–Kier alpha value is -2.69. The molecule has 0 saturated carbocycles. The van der Waals surface area contributed by atoms with Gasteiger partial charge in [0.15, 0.2) is 5.11 Å². The van der Waals surface area contributed by atoms with Crippen molar-refractivity contribution in [3.63, 3.8) is 0 Å². The lowest BCUT2D eigenvalue weighted by molar-refractivity contribution is 0.416. The van der Waals surface area contributed by atoms with E-state index in [0.717, 1.165) is 16.7 Å². The van der Waals surface area contributed by atoms with Gasteiger partial charge < -0.3 is 19.9 Å². The summed E-state index contributed by atoms with van der Waals surface area (Å²) in [7, 11) is -0.171. The van der Waals surface area contributed by atoms with Crippen molar-refractivity contribution in [3.05, 3.63) is 42.7 Å². The van der Waals surface area contributed by atoms with Crippen molar-refractivity contribution >= 4 is 49.8 Å². The van der Waals surface area contributed by atoms with Crippen molar-refractivity contribution in [2.24, 2.45) is 7.05 Å². The number of fused-ring (bicyclic) bond motifs is 1. The van der Waals surface area contributed by atoms with E-state index in [1.807, 2.05) is 29.8 Å². The summed E-state index contributed by atoms with van der Waals surface area (Å²) in [4.78, 5) is 4.57. The molecule has 1 aromatic heterocycles. The van der Waals surface area contributed by atoms with Crippen molar-refractivity contribution in [2.75, 3.05) is 30.8 Å². The summed E-state index contributed by atoms with van der Waals surface area (Å²) in [6, 6.07) is 10.4. The molecule has 0 amide bonds. The quantitative estimate of drug-likeness (QED) is 0.537. The standard InChI is InChI=1S/C20H25N5O3S2/c1-5-25(6-2)30(26,27)14-10-11-18(28-4)16(12-14)23-20(29)22-15-8-7-9-17-19(15)21-13-24(17)3/h7-13H,5-6H2,1-4H3,(H2,22,23,29). The lowest BCUT2D eigenvalue weighted by Gasteiger charge is -2.20. The molecule has 160 valence electrons. The van der Waals surface area contributed by atoms with Crippen LogP contribution in [-0.2, 0) is 17.1 Å². The van der Waals surface area contributed by atoms with Crippen LogP contribution in [-0.4, -0.2) is 47.6 Å². The number of methoxy groups -OCH3 is 1. The van der Waals surface area contributed by atoms with E-state index in [0.29, 0.717) is 29.6 Å². The highest BCUT2D eigenvalue weighted by Crippen LogP contribution is 2.29. The van der Waals surface area contributed by atoms with Crippen LogP contribution in [0, 0.1) is 0 Å². The van der Waals surface area contributed by atoms with Crippen molar-refractivity contribution in [1.82, 2.24) is 13.9 Å². The molecule has 0 fully saturated rings. The van der Waals surface area contributed by atoms with Crippen LogP contribution in [0.5, 0.6) is 5.75 Å². The third kappa shape index (κ3) is 4.25. The van der Waals surface area contributed by atoms with Crippen molar-refractivity contribution in [2.45, 2.75) is 18.7 Å². The molecular formula is C20H25N5O3S2. The molecule has 0 saturated heterocycles. The normalized spacial score (nSPS) is 11.6. The van der Waals surface area contributed by atoms with Gasteiger partial charge in [0.25, 0.3) is 0 Å². The number of aromatic nitrogens is 2.